The molecule has 1 aromatic rings. The number of nitrogens with one attached hydrogen (secondary N) is 2. The molecule has 0 fully saturated rings. The maximum Gasteiger partial charge on any atom is 0.296 e. The van der Waals surface area contributed by atoms with Crippen LogP contribution < -0.4 is 16.7 Å². The SMILES string of the molecule is Cc1ccccc1NN=C(C#N)C(=O)NN. The molecule has 0 spiro atoms. The number of hydrazone groups is 1. The molecule has 0 unspecified atom stereocenters. The quantitative estimate of drug-likeness (QED) is 0.293. The van der Waals surface area contributed by atoms with E-state index in [1.807, 2.05) is 30.5 Å². The molecule has 0 atom stereocenters. The Hall–Kier alpha value is -2.39. The van der Waals surface area contributed by atoms with Crippen LogP contribution in [0.1, 0.15) is 5.56 Å². The number of anilines is 1. The van der Waals surface area contributed by atoms with Crippen LogP contribution in [-0.4, -0.2) is 11.6 Å². The molecule has 16 heavy (non-hydrogen) atoms. The van der Waals surface area contributed by atoms with Crippen molar-refractivity contribution in [3.63, 3.8) is 0 Å². The molecule has 0 saturated carbocycles. The van der Waals surface area contributed by atoms with E-state index in [9.17, 15) is 4.79 Å². The highest BCUT2D eigenvalue weighted by Gasteiger charge is 2.08. The monoisotopic (exact) mass is 217 g/mol. The number of carbonyl (C=O) groups is 1. The number of rotatable bonds is 3. The fourth-order valence-electron chi connectivity index (χ4n) is 1.01. The fourth-order valence-corrected chi connectivity index (χ4v) is 1.01. The zero-order chi connectivity index (χ0) is 12.0. The zero-order valence-electron chi connectivity index (χ0n) is 8.69. The minimum absolute atomic E-state index is 0.328. The van der Waals surface area contributed by atoms with Gasteiger partial charge in [0, 0.05) is 0 Å². The number of aryl methyl sites for hydroxylation is 1. The predicted octanol–water partition coefficient (Wildman–Crippen LogP) is 0.276. The first-order valence-electron chi connectivity index (χ1n) is 4.49. The van der Waals surface area contributed by atoms with Gasteiger partial charge in [-0.25, -0.2) is 5.84 Å². The molecular weight excluding hydrogens is 206 g/mol. The summed E-state index contributed by atoms with van der Waals surface area (Å²) in [5, 5.41) is 12.3. The molecule has 1 rings (SSSR count). The second-order valence-corrected chi connectivity index (χ2v) is 2.97. The van der Waals surface area contributed by atoms with Crippen LogP contribution in [0.2, 0.25) is 0 Å². The van der Waals surface area contributed by atoms with Crippen molar-refractivity contribution < 1.29 is 4.79 Å². The summed E-state index contributed by atoms with van der Waals surface area (Å²) in [7, 11) is 0. The summed E-state index contributed by atoms with van der Waals surface area (Å²) in [5.41, 5.74) is 5.81. The van der Waals surface area contributed by atoms with Crippen molar-refractivity contribution in [1.29, 1.82) is 5.26 Å². The Kier molecular flexibility index (Phi) is 4.00. The fraction of sp³-hybridized carbons (Fsp3) is 0.100. The van der Waals surface area contributed by atoms with E-state index in [0.717, 1.165) is 11.3 Å². The van der Waals surface area contributed by atoms with Crippen molar-refractivity contribution in [3.05, 3.63) is 29.8 Å². The smallest absolute Gasteiger partial charge is 0.288 e. The zero-order valence-corrected chi connectivity index (χ0v) is 8.69. The average molecular weight is 217 g/mol. The van der Waals surface area contributed by atoms with Gasteiger partial charge in [-0.15, -0.1) is 0 Å². The number of hydrazine groups is 1. The van der Waals surface area contributed by atoms with E-state index in [0.29, 0.717) is 0 Å². The van der Waals surface area contributed by atoms with Crippen molar-refractivity contribution in [2.75, 3.05) is 5.43 Å². The first kappa shape index (κ1) is 11.7. The molecule has 1 amide bonds. The van der Waals surface area contributed by atoms with Gasteiger partial charge in [-0.2, -0.15) is 10.4 Å². The molecule has 6 nitrogen and oxygen atoms in total. The number of nitriles is 1. The number of nitrogens with two attached hydrogens (primary N) is 1. The van der Waals surface area contributed by atoms with Gasteiger partial charge in [0.2, 0.25) is 5.71 Å². The number of nitrogens with zero attached hydrogens (tertiary/aromatic N) is 2. The molecule has 0 aliphatic carbocycles. The van der Waals surface area contributed by atoms with E-state index < -0.39 is 5.91 Å². The van der Waals surface area contributed by atoms with E-state index in [2.05, 4.69) is 10.5 Å². The molecular formula is C10H11N5O. The van der Waals surface area contributed by atoms with Crippen LogP contribution in [0.25, 0.3) is 0 Å². The lowest BCUT2D eigenvalue weighted by atomic mass is 10.2. The summed E-state index contributed by atoms with van der Waals surface area (Å²) in [6, 6.07) is 9.00. The van der Waals surface area contributed by atoms with Crippen molar-refractivity contribution in [3.8, 4) is 6.07 Å². The summed E-state index contributed by atoms with van der Waals surface area (Å²) in [6.07, 6.45) is 0. The van der Waals surface area contributed by atoms with Crippen LogP contribution in [0.3, 0.4) is 0 Å². The van der Waals surface area contributed by atoms with Gasteiger partial charge in [0.15, 0.2) is 0 Å². The Morgan fingerprint density at radius 1 is 1.50 bits per heavy atom. The molecule has 0 aromatic heterocycles. The van der Waals surface area contributed by atoms with Gasteiger partial charge in [0.1, 0.15) is 6.07 Å². The minimum Gasteiger partial charge on any atom is -0.288 e. The largest absolute Gasteiger partial charge is 0.296 e. The van der Waals surface area contributed by atoms with Gasteiger partial charge < -0.3 is 0 Å². The van der Waals surface area contributed by atoms with Crippen molar-refractivity contribution in [1.82, 2.24) is 5.43 Å². The lowest BCUT2D eigenvalue weighted by Gasteiger charge is -2.04. The van der Waals surface area contributed by atoms with Gasteiger partial charge in [0.25, 0.3) is 5.91 Å². The number of amides is 1. The number of hydrogen-bond acceptors (Lipinski definition) is 5. The van der Waals surface area contributed by atoms with Gasteiger partial charge in [-0.1, -0.05) is 18.2 Å². The molecule has 4 N–H and O–H groups in total. The lowest BCUT2D eigenvalue weighted by Crippen LogP contribution is -2.36. The average Bonchev–Trinajstić information content (AvgIpc) is 2.31. The molecule has 82 valence electrons. The Morgan fingerprint density at radius 3 is 2.75 bits per heavy atom. The molecule has 6 heteroatoms. The third-order valence-electron chi connectivity index (χ3n) is 1.89. The molecule has 0 aliphatic rings. The highest BCUT2D eigenvalue weighted by molar-refractivity contribution is 6.45. The molecule has 0 radical (unpaired) electrons. The summed E-state index contributed by atoms with van der Waals surface area (Å²) in [4.78, 5) is 11.0. The van der Waals surface area contributed by atoms with Crippen molar-refractivity contribution in [2.24, 2.45) is 10.9 Å². The summed E-state index contributed by atoms with van der Waals surface area (Å²) < 4.78 is 0. The number of hydrogen-bond donors (Lipinski definition) is 3. The lowest BCUT2D eigenvalue weighted by molar-refractivity contribution is -0.114. The third-order valence-corrected chi connectivity index (χ3v) is 1.89. The van der Waals surface area contributed by atoms with Gasteiger partial charge in [-0.05, 0) is 18.6 Å². The van der Waals surface area contributed by atoms with E-state index in [4.69, 9.17) is 11.1 Å². The highest BCUT2D eigenvalue weighted by atomic mass is 16.2. The molecule has 0 saturated heterocycles. The summed E-state index contributed by atoms with van der Waals surface area (Å²) >= 11 is 0. The molecule has 0 heterocycles. The Labute approximate surface area is 92.7 Å². The Morgan fingerprint density at radius 2 is 2.19 bits per heavy atom. The van der Waals surface area contributed by atoms with Gasteiger partial charge in [-0.3, -0.25) is 15.6 Å². The van der Waals surface area contributed by atoms with Crippen LogP contribution >= 0.6 is 0 Å². The second-order valence-electron chi connectivity index (χ2n) is 2.97. The van der Waals surface area contributed by atoms with E-state index >= 15 is 0 Å². The number of para-hydroxylation sites is 1. The van der Waals surface area contributed by atoms with Gasteiger partial charge >= 0.3 is 0 Å². The van der Waals surface area contributed by atoms with Crippen LogP contribution in [-0.2, 0) is 4.79 Å². The minimum atomic E-state index is -0.733. The first-order valence-corrected chi connectivity index (χ1v) is 4.49. The van der Waals surface area contributed by atoms with E-state index in [1.165, 1.54) is 0 Å². The second kappa shape index (κ2) is 5.48. The Bertz CT molecular complexity index is 461. The molecule has 0 aliphatic heterocycles. The normalized spacial score (nSPS) is 10.4. The van der Waals surface area contributed by atoms with Crippen LogP contribution in [0, 0.1) is 18.3 Å². The van der Waals surface area contributed by atoms with Crippen molar-refractivity contribution in [2.45, 2.75) is 6.92 Å². The summed E-state index contributed by atoms with van der Waals surface area (Å²) in [5.74, 6) is 4.16. The molecule has 1 aromatic carbocycles. The Balaban J connectivity index is 2.84. The third kappa shape index (κ3) is 2.80. The molecule has 0 bridgehead atoms. The predicted molar refractivity (Wildman–Crippen MR) is 60.2 cm³/mol. The number of benzene rings is 1. The first-order chi connectivity index (χ1) is 7.69. The number of carbonyl (C=O) groups excluding carboxylic acids is 1. The van der Waals surface area contributed by atoms with E-state index in [-0.39, 0.29) is 5.71 Å². The van der Waals surface area contributed by atoms with Crippen molar-refractivity contribution >= 4 is 17.3 Å². The maximum absolute atomic E-state index is 11.0. The van der Waals surface area contributed by atoms with Crippen LogP contribution in [0.4, 0.5) is 5.69 Å². The standard InChI is InChI=1S/C10H11N5O/c1-7-4-2-3-5-8(7)14-15-9(6-11)10(16)13-12/h2-5,14H,12H2,1H3,(H,13,16). The van der Waals surface area contributed by atoms with E-state index in [1.54, 1.807) is 12.1 Å². The topological polar surface area (TPSA) is 103 Å². The highest BCUT2D eigenvalue weighted by Crippen LogP contribution is 2.12. The van der Waals surface area contributed by atoms with Crippen LogP contribution in [0.5, 0.6) is 0 Å². The summed E-state index contributed by atoms with van der Waals surface area (Å²) in [6.45, 7) is 1.88. The maximum atomic E-state index is 11.0. The van der Waals surface area contributed by atoms with Crippen LogP contribution in [0.15, 0.2) is 29.4 Å². The van der Waals surface area contributed by atoms with Gasteiger partial charge in [0.05, 0.1) is 5.69 Å².